The van der Waals surface area contributed by atoms with Gasteiger partial charge in [0.15, 0.2) is 0 Å². The van der Waals surface area contributed by atoms with Crippen LogP contribution in [-0.2, 0) is 25.9 Å². The number of nitrogens with zero attached hydrogens (tertiary/aromatic N) is 1. The largest absolute Gasteiger partial charge is 0.311 e. The molecule has 20 heavy (non-hydrogen) atoms. The molecule has 0 aromatic carbocycles. The Morgan fingerprint density at radius 2 is 2.15 bits per heavy atom. The van der Waals surface area contributed by atoms with E-state index in [1.165, 1.54) is 27.4 Å². The summed E-state index contributed by atoms with van der Waals surface area (Å²) >= 11 is 1.83. The minimum absolute atomic E-state index is 0.138. The molecule has 0 saturated heterocycles. The summed E-state index contributed by atoms with van der Waals surface area (Å²) in [5, 5.41) is 3.43. The maximum Gasteiger partial charge on any atom is 0.250 e. The fourth-order valence-electron chi connectivity index (χ4n) is 2.86. The molecule has 0 saturated carbocycles. The average Bonchev–Trinajstić information content (AvgIpc) is 3.05. The number of hydrogen-bond donors (Lipinski definition) is 1. The van der Waals surface area contributed by atoms with E-state index in [-0.39, 0.29) is 5.56 Å². The van der Waals surface area contributed by atoms with Crippen molar-refractivity contribution in [1.29, 1.82) is 0 Å². The molecule has 4 heteroatoms. The molecule has 0 unspecified atom stereocenters. The lowest BCUT2D eigenvalue weighted by molar-refractivity contribution is 0.571. The topological polar surface area (TPSA) is 34.0 Å². The Morgan fingerprint density at radius 3 is 2.95 bits per heavy atom. The summed E-state index contributed by atoms with van der Waals surface area (Å²) in [5.41, 5.74) is 2.75. The van der Waals surface area contributed by atoms with E-state index in [9.17, 15) is 4.79 Å². The van der Waals surface area contributed by atoms with Gasteiger partial charge in [-0.25, -0.2) is 0 Å². The van der Waals surface area contributed by atoms with Crippen LogP contribution >= 0.6 is 11.3 Å². The monoisotopic (exact) mass is 288 g/mol. The van der Waals surface area contributed by atoms with Crippen molar-refractivity contribution in [3.63, 3.8) is 0 Å². The molecule has 2 aromatic rings. The minimum atomic E-state index is 0.138. The Hall–Kier alpha value is -1.39. The molecule has 0 fully saturated rings. The molecule has 106 valence electrons. The molecular weight excluding hydrogens is 268 g/mol. The number of aryl methyl sites for hydroxylation is 2. The van der Waals surface area contributed by atoms with Crippen molar-refractivity contribution in [2.45, 2.75) is 39.3 Å². The van der Waals surface area contributed by atoms with Crippen molar-refractivity contribution in [1.82, 2.24) is 9.88 Å². The maximum absolute atomic E-state index is 12.0. The molecule has 2 heterocycles. The van der Waals surface area contributed by atoms with E-state index in [4.69, 9.17) is 0 Å². The molecule has 3 rings (SSSR count). The first-order valence-electron chi connectivity index (χ1n) is 7.21. The third-order valence-electron chi connectivity index (χ3n) is 3.86. The highest BCUT2D eigenvalue weighted by Gasteiger charge is 2.15. The second-order valence-electron chi connectivity index (χ2n) is 5.34. The van der Waals surface area contributed by atoms with Crippen LogP contribution < -0.4 is 10.9 Å². The van der Waals surface area contributed by atoms with Crippen LogP contribution in [-0.4, -0.2) is 11.1 Å². The summed E-state index contributed by atoms with van der Waals surface area (Å²) in [6, 6.07) is 8.03. The van der Waals surface area contributed by atoms with Crippen LogP contribution in [0.4, 0.5) is 0 Å². The smallest absolute Gasteiger partial charge is 0.250 e. The first kappa shape index (κ1) is 13.6. The second-order valence-corrected chi connectivity index (χ2v) is 6.71. The number of nitrogens with one attached hydrogen (secondary N) is 1. The fourth-order valence-corrected chi connectivity index (χ4v) is 3.72. The van der Waals surface area contributed by atoms with Gasteiger partial charge < -0.3 is 9.88 Å². The SMILES string of the molecule is Cc1ccc(CNCCn2c3c(ccc2=O)CCC3)s1. The highest BCUT2D eigenvalue weighted by atomic mass is 32.1. The summed E-state index contributed by atoms with van der Waals surface area (Å²) in [7, 11) is 0. The van der Waals surface area contributed by atoms with E-state index in [1.807, 2.05) is 22.0 Å². The van der Waals surface area contributed by atoms with E-state index in [0.29, 0.717) is 0 Å². The van der Waals surface area contributed by atoms with Gasteiger partial charge in [-0.2, -0.15) is 0 Å². The third-order valence-corrected chi connectivity index (χ3v) is 4.86. The molecule has 0 aliphatic heterocycles. The normalized spacial score (nSPS) is 13.7. The standard InChI is InChI=1S/C16H20N2OS/c1-12-5-7-14(20-12)11-17-9-10-18-15-4-2-3-13(15)6-8-16(18)19/h5-8,17H,2-4,9-11H2,1H3. The molecule has 0 amide bonds. The van der Waals surface area contributed by atoms with Crippen molar-refractivity contribution >= 4 is 11.3 Å². The van der Waals surface area contributed by atoms with Gasteiger partial charge in [0.25, 0.3) is 5.56 Å². The van der Waals surface area contributed by atoms with E-state index < -0.39 is 0 Å². The minimum Gasteiger partial charge on any atom is -0.311 e. The van der Waals surface area contributed by atoms with Crippen LogP contribution in [0.25, 0.3) is 0 Å². The first-order valence-corrected chi connectivity index (χ1v) is 8.03. The summed E-state index contributed by atoms with van der Waals surface area (Å²) in [4.78, 5) is 14.7. The molecule has 1 aliphatic carbocycles. The maximum atomic E-state index is 12.0. The summed E-state index contributed by atoms with van der Waals surface area (Å²) in [5.74, 6) is 0. The van der Waals surface area contributed by atoms with E-state index >= 15 is 0 Å². The molecule has 0 bridgehead atoms. The lowest BCUT2D eigenvalue weighted by Crippen LogP contribution is -2.28. The summed E-state index contributed by atoms with van der Waals surface area (Å²) < 4.78 is 1.95. The van der Waals surface area contributed by atoms with Crippen molar-refractivity contribution in [3.8, 4) is 0 Å². The molecule has 3 nitrogen and oxygen atoms in total. The van der Waals surface area contributed by atoms with Gasteiger partial charge in [0.1, 0.15) is 0 Å². The number of thiophene rings is 1. The van der Waals surface area contributed by atoms with Gasteiger partial charge in [0, 0.05) is 41.1 Å². The van der Waals surface area contributed by atoms with Gasteiger partial charge in [0.2, 0.25) is 0 Å². The molecule has 1 N–H and O–H groups in total. The van der Waals surface area contributed by atoms with Crippen LogP contribution in [0, 0.1) is 6.92 Å². The highest BCUT2D eigenvalue weighted by molar-refractivity contribution is 7.11. The van der Waals surface area contributed by atoms with Crippen LogP contribution in [0.1, 0.15) is 27.4 Å². The molecular formula is C16H20N2OS. The van der Waals surface area contributed by atoms with Gasteiger partial charge in [-0.05, 0) is 43.9 Å². The number of pyridine rings is 1. The second kappa shape index (κ2) is 5.94. The zero-order valence-corrected chi connectivity index (χ0v) is 12.6. The zero-order valence-electron chi connectivity index (χ0n) is 11.8. The number of aromatic nitrogens is 1. The Bertz CT molecular complexity index is 657. The Balaban J connectivity index is 1.59. The molecule has 1 aliphatic rings. The highest BCUT2D eigenvalue weighted by Crippen LogP contribution is 2.19. The van der Waals surface area contributed by atoms with E-state index in [0.717, 1.165) is 32.5 Å². The third kappa shape index (κ3) is 2.86. The predicted molar refractivity (Wildman–Crippen MR) is 83.5 cm³/mol. The van der Waals surface area contributed by atoms with Crippen molar-refractivity contribution in [2.24, 2.45) is 0 Å². The molecule has 0 atom stereocenters. The molecule has 0 spiro atoms. The summed E-state index contributed by atoms with van der Waals surface area (Å²) in [6.07, 6.45) is 3.35. The van der Waals surface area contributed by atoms with E-state index in [2.05, 4.69) is 24.4 Å². The Kier molecular flexibility index (Phi) is 4.03. The van der Waals surface area contributed by atoms with Gasteiger partial charge in [-0.3, -0.25) is 4.79 Å². The van der Waals surface area contributed by atoms with Crippen molar-refractivity contribution in [3.05, 3.63) is 55.6 Å². The van der Waals surface area contributed by atoms with E-state index in [1.54, 1.807) is 6.07 Å². The lowest BCUT2D eigenvalue weighted by atomic mass is 10.2. The van der Waals surface area contributed by atoms with Gasteiger partial charge in [-0.15, -0.1) is 11.3 Å². The number of fused-ring (bicyclic) bond motifs is 1. The average molecular weight is 288 g/mol. The van der Waals surface area contributed by atoms with Gasteiger partial charge in [-0.1, -0.05) is 6.07 Å². The van der Waals surface area contributed by atoms with Gasteiger partial charge in [0.05, 0.1) is 0 Å². The first-order chi connectivity index (χ1) is 9.74. The van der Waals surface area contributed by atoms with Crippen LogP contribution in [0.15, 0.2) is 29.1 Å². The summed E-state index contributed by atoms with van der Waals surface area (Å²) in [6.45, 7) is 4.63. The number of rotatable bonds is 5. The quantitative estimate of drug-likeness (QED) is 0.858. The number of hydrogen-bond acceptors (Lipinski definition) is 3. The molecule has 2 aromatic heterocycles. The Morgan fingerprint density at radius 1 is 1.25 bits per heavy atom. The van der Waals surface area contributed by atoms with Crippen LogP contribution in [0.2, 0.25) is 0 Å². The van der Waals surface area contributed by atoms with Gasteiger partial charge >= 0.3 is 0 Å². The Labute approximate surface area is 123 Å². The van der Waals surface area contributed by atoms with Crippen LogP contribution in [0.5, 0.6) is 0 Å². The predicted octanol–water partition coefficient (Wildman–Crippen LogP) is 2.50. The fraction of sp³-hybridized carbons (Fsp3) is 0.438. The zero-order chi connectivity index (χ0) is 13.9. The van der Waals surface area contributed by atoms with Crippen LogP contribution in [0.3, 0.4) is 0 Å². The van der Waals surface area contributed by atoms with Crippen molar-refractivity contribution in [2.75, 3.05) is 6.54 Å². The lowest BCUT2D eigenvalue weighted by Gasteiger charge is -2.12. The molecule has 0 radical (unpaired) electrons. The van der Waals surface area contributed by atoms with Crippen molar-refractivity contribution < 1.29 is 0 Å².